The molecular weight excluding hydrogens is 308 g/mol. The first-order valence-electron chi connectivity index (χ1n) is 7.12. The standard InChI is InChI=1S/C18H12N2O4/c19-9-12(18(22)20-10-14-4-3-7-23-14)8-13-11-24-16-6-2-1-5-15(16)17(13)21/h1-8,11H,10H2,(H,20,22)/b12-8+. The molecule has 2 heterocycles. The average molecular weight is 320 g/mol. The Bertz CT molecular complexity index is 1010. The van der Waals surface area contributed by atoms with Crippen molar-refractivity contribution >= 4 is 23.0 Å². The molecule has 1 N–H and O–H groups in total. The maximum absolute atomic E-state index is 12.4. The number of carbonyl (C=O) groups excluding carboxylic acids is 1. The van der Waals surface area contributed by atoms with Crippen molar-refractivity contribution in [2.24, 2.45) is 0 Å². The molecule has 3 rings (SSSR count). The number of fused-ring (bicyclic) bond motifs is 1. The normalized spacial score (nSPS) is 11.2. The van der Waals surface area contributed by atoms with Gasteiger partial charge in [-0.15, -0.1) is 0 Å². The highest BCUT2D eigenvalue weighted by atomic mass is 16.3. The number of hydrogen-bond acceptors (Lipinski definition) is 5. The van der Waals surface area contributed by atoms with Crippen LogP contribution in [0.5, 0.6) is 0 Å². The molecule has 118 valence electrons. The van der Waals surface area contributed by atoms with Gasteiger partial charge in [-0.05, 0) is 30.3 Å². The summed E-state index contributed by atoms with van der Waals surface area (Å²) in [6.45, 7) is 0.150. The first-order chi connectivity index (χ1) is 11.7. The molecule has 0 aliphatic rings. The fourth-order valence-corrected chi connectivity index (χ4v) is 2.17. The molecule has 1 aromatic carbocycles. The molecule has 6 nitrogen and oxygen atoms in total. The minimum Gasteiger partial charge on any atom is -0.467 e. The Morgan fingerprint density at radius 3 is 2.79 bits per heavy atom. The fourth-order valence-electron chi connectivity index (χ4n) is 2.17. The molecule has 6 heteroatoms. The van der Waals surface area contributed by atoms with E-state index in [-0.39, 0.29) is 23.1 Å². The van der Waals surface area contributed by atoms with Gasteiger partial charge in [0.25, 0.3) is 5.91 Å². The Hall–Kier alpha value is -3.59. The molecule has 0 saturated heterocycles. The Kier molecular flexibility index (Phi) is 4.25. The quantitative estimate of drug-likeness (QED) is 0.589. The predicted molar refractivity (Wildman–Crippen MR) is 86.6 cm³/mol. The molecule has 0 aliphatic carbocycles. The summed E-state index contributed by atoms with van der Waals surface area (Å²) >= 11 is 0. The van der Waals surface area contributed by atoms with Crippen LogP contribution in [-0.2, 0) is 11.3 Å². The Morgan fingerprint density at radius 1 is 1.21 bits per heavy atom. The molecule has 0 bridgehead atoms. The maximum Gasteiger partial charge on any atom is 0.262 e. The summed E-state index contributed by atoms with van der Waals surface area (Å²) in [6, 6.07) is 12.0. The van der Waals surface area contributed by atoms with Gasteiger partial charge in [0.1, 0.15) is 29.2 Å². The number of rotatable bonds is 4. The van der Waals surface area contributed by atoms with Gasteiger partial charge in [0.05, 0.1) is 23.8 Å². The highest BCUT2D eigenvalue weighted by Crippen LogP contribution is 2.12. The van der Waals surface area contributed by atoms with Crippen LogP contribution in [0.3, 0.4) is 0 Å². The van der Waals surface area contributed by atoms with Gasteiger partial charge in [0, 0.05) is 0 Å². The second-order valence-electron chi connectivity index (χ2n) is 4.95. The third kappa shape index (κ3) is 3.10. The summed E-state index contributed by atoms with van der Waals surface area (Å²) in [5.74, 6) is -0.0349. The lowest BCUT2D eigenvalue weighted by Crippen LogP contribution is -2.24. The second kappa shape index (κ2) is 6.67. The molecule has 3 aromatic rings. The number of hydrogen-bond donors (Lipinski definition) is 1. The minimum absolute atomic E-state index is 0.137. The van der Waals surface area contributed by atoms with E-state index in [0.717, 1.165) is 0 Å². The summed E-state index contributed by atoms with van der Waals surface area (Å²) in [4.78, 5) is 24.5. The van der Waals surface area contributed by atoms with E-state index in [0.29, 0.717) is 16.7 Å². The van der Waals surface area contributed by atoms with E-state index in [1.807, 2.05) is 0 Å². The van der Waals surface area contributed by atoms with Gasteiger partial charge >= 0.3 is 0 Å². The van der Waals surface area contributed by atoms with Crippen molar-refractivity contribution in [2.45, 2.75) is 6.54 Å². The van der Waals surface area contributed by atoms with Crippen molar-refractivity contribution in [1.29, 1.82) is 5.26 Å². The van der Waals surface area contributed by atoms with Gasteiger partial charge in [-0.25, -0.2) is 0 Å². The first-order valence-corrected chi connectivity index (χ1v) is 7.12. The molecule has 2 aromatic heterocycles. The molecule has 0 atom stereocenters. The first kappa shape index (κ1) is 15.3. The molecule has 0 fully saturated rings. The number of nitrogens with zero attached hydrogens (tertiary/aromatic N) is 1. The van der Waals surface area contributed by atoms with E-state index in [1.54, 1.807) is 42.5 Å². The molecule has 24 heavy (non-hydrogen) atoms. The van der Waals surface area contributed by atoms with E-state index in [4.69, 9.17) is 8.83 Å². The lowest BCUT2D eigenvalue weighted by Gasteiger charge is -2.02. The van der Waals surface area contributed by atoms with Crippen molar-refractivity contribution in [3.05, 3.63) is 76.0 Å². The van der Waals surface area contributed by atoms with Crippen molar-refractivity contribution in [2.75, 3.05) is 0 Å². The number of para-hydroxylation sites is 1. The molecule has 0 aliphatic heterocycles. The van der Waals surface area contributed by atoms with Gasteiger partial charge in [-0.2, -0.15) is 5.26 Å². The van der Waals surface area contributed by atoms with E-state index in [2.05, 4.69) is 5.32 Å². The smallest absolute Gasteiger partial charge is 0.262 e. The van der Waals surface area contributed by atoms with Crippen LogP contribution < -0.4 is 10.7 Å². The summed E-state index contributed by atoms with van der Waals surface area (Å²) in [5.41, 5.74) is 0.0893. The molecule has 0 unspecified atom stereocenters. The van der Waals surface area contributed by atoms with Crippen LogP contribution in [0.15, 0.2) is 68.1 Å². The second-order valence-corrected chi connectivity index (χ2v) is 4.95. The minimum atomic E-state index is -0.596. The molecule has 0 radical (unpaired) electrons. The van der Waals surface area contributed by atoms with E-state index in [9.17, 15) is 14.9 Å². The molecule has 0 saturated carbocycles. The Labute approximate surface area is 136 Å². The van der Waals surface area contributed by atoms with Gasteiger partial charge in [-0.1, -0.05) is 12.1 Å². The van der Waals surface area contributed by atoms with Crippen LogP contribution >= 0.6 is 0 Å². The van der Waals surface area contributed by atoms with Gasteiger partial charge < -0.3 is 14.2 Å². The number of nitrogens with one attached hydrogen (secondary N) is 1. The summed E-state index contributed by atoms with van der Waals surface area (Å²) < 4.78 is 10.5. The largest absolute Gasteiger partial charge is 0.467 e. The van der Waals surface area contributed by atoms with Gasteiger partial charge in [-0.3, -0.25) is 9.59 Å². The van der Waals surface area contributed by atoms with Gasteiger partial charge in [0.2, 0.25) is 0 Å². The predicted octanol–water partition coefficient (Wildman–Crippen LogP) is 2.61. The number of benzene rings is 1. The topological polar surface area (TPSA) is 96.2 Å². The third-order valence-electron chi connectivity index (χ3n) is 3.37. The summed E-state index contributed by atoms with van der Waals surface area (Å²) in [7, 11) is 0. The van der Waals surface area contributed by atoms with Crippen molar-refractivity contribution in [1.82, 2.24) is 5.32 Å². The van der Waals surface area contributed by atoms with Crippen LogP contribution in [-0.4, -0.2) is 5.91 Å². The van der Waals surface area contributed by atoms with E-state index < -0.39 is 5.91 Å². The van der Waals surface area contributed by atoms with Gasteiger partial charge in [0.15, 0.2) is 5.43 Å². The highest BCUT2D eigenvalue weighted by molar-refractivity contribution is 6.01. The SMILES string of the molecule is N#C/C(=C\c1coc2ccccc2c1=O)C(=O)NCc1ccco1. The number of nitriles is 1. The van der Waals surface area contributed by atoms with Crippen LogP contribution in [0.1, 0.15) is 11.3 Å². The lowest BCUT2D eigenvalue weighted by molar-refractivity contribution is -0.117. The van der Waals surface area contributed by atoms with Crippen LogP contribution in [0, 0.1) is 11.3 Å². The van der Waals surface area contributed by atoms with Crippen molar-refractivity contribution < 1.29 is 13.6 Å². The zero-order valence-electron chi connectivity index (χ0n) is 12.5. The maximum atomic E-state index is 12.4. The average Bonchev–Trinajstić information content (AvgIpc) is 3.13. The number of furan rings is 1. The summed E-state index contributed by atoms with van der Waals surface area (Å²) in [5, 5.41) is 12.1. The van der Waals surface area contributed by atoms with Crippen molar-refractivity contribution in [3.8, 4) is 6.07 Å². The lowest BCUT2D eigenvalue weighted by atomic mass is 10.1. The van der Waals surface area contributed by atoms with Crippen LogP contribution in [0.4, 0.5) is 0 Å². The Balaban J connectivity index is 1.87. The molecular formula is C18H12N2O4. The van der Waals surface area contributed by atoms with E-state index in [1.165, 1.54) is 18.6 Å². The number of amides is 1. The third-order valence-corrected chi connectivity index (χ3v) is 3.37. The van der Waals surface area contributed by atoms with Crippen LogP contribution in [0.25, 0.3) is 17.0 Å². The molecule has 1 amide bonds. The van der Waals surface area contributed by atoms with Crippen LogP contribution in [0.2, 0.25) is 0 Å². The molecule has 0 spiro atoms. The Morgan fingerprint density at radius 2 is 2.04 bits per heavy atom. The number of carbonyl (C=O) groups is 1. The van der Waals surface area contributed by atoms with Crippen molar-refractivity contribution in [3.63, 3.8) is 0 Å². The summed E-state index contributed by atoms with van der Waals surface area (Å²) in [6.07, 6.45) is 3.94. The van der Waals surface area contributed by atoms with E-state index >= 15 is 0 Å². The highest BCUT2D eigenvalue weighted by Gasteiger charge is 2.12. The monoisotopic (exact) mass is 320 g/mol. The zero-order valence-corrected chi connectivity index (χ0v) is 12.5. The zero-order chi connectivity index (χ0) is 16.9. The fraction of sp³-hybridized carbons (Fsp3) is 0.0556.